The SMILES string of the molecule is COc1ccc(Cl)cc1CNC1CCCC1C. The Balaban J connectivity index is 2.00. The molecule has 2 nitrogen and oxygen atoms in total. The lowest BCUT2D eigenvalue weighted by Gasteiger charge is -2.18. The molecule has 0 saturated heterocycles. The second kappa shape index (κ2) is 5.74. The van der Waals surface area contributed by atoms with Crippen LogP contribution in [0.25, 0.3) is 0 Å². The second-order valence-electron chi connectivity index (χ2n) is 4.85. The summed E-state index contributed by atoms with van der Waals surface area (Å²) >= 11 is 6.01. The van der Waals surface area contributed by atoms with Crippen molar-refractivity contribution in [3.63, 3.8) is 0 Å². The minimum absolute atomic E-state index is 0.638. The molecule has 1 N–H and O–H groups in total. The summed E-state index contributed by atoms with van der Waals surface area (Å²) in [6.07, 6.45) is 3.96. The van der Waals surface area contributed by atoms with Gasteiger partial charge in [0.2, 0.25) is 0 Å². The zero-order valence-electron chi connectivity index (χ0n) is 10.5. The summed E-state index contributed by atoms with van der Waals surface area (Å²) in [6.45, 7) is 3.15. The van der Waals surface area contributed by atoms with Crippen molar-refractivity contribution in [2.75, 3.05) is 7.11 Å². The lowest BCUT2D eigenvalue weighted by molar-refractivity contribution is 0.395. The topological polar surface area (TPSA) is 21.3 Å². The van der Waals surface area contributed by atoms with Crippen molar-refractivity contribution >= 4 is 11.6 Å². The molecule has 2 unspecified atom stereocenters. The van der Waals surface area contributed by atoms with Crippen molar-refractivity contribution in [1.29, 1.82) is 0 Å². The zero-order chi connectivity index (χ0) is 12.3. The number of hydrogen-bond acceptors (Lipinski definition) is 2. The Labute approximate surface area is 108 Å². The molecule has 0 bridgehead atoms. The van der Waals surface area contributed by atoms with E-state index >= 15 is 0 Å². The molecule has 0 amide bonds. The van der Waals surface area contributed by atoms with E-state index in [0.29, 0.717) is 6.04 Å². The lowest BCUT2D eigenvalue weighted by atomic mass is 10.1. The average molecular weight is 254 g/mol. The number of halogens is 1. The number of methoxy groups -OCH3 is 1. The van der Waals surface area contributed by atoms with Crippen LogP contribution in [0.4, 0.5) is 0 Å². The summed E-state index contributed by atoms with van der Waals surface area (Å²) in [5.74, 6) is 1.69. The highest BCUT2D eigenvalue weighted by Crippen LogP contribution is 2.27. The molecule has 17 heavy (non-hydrogen) atoms. The van der Waals surface area contributed by atoms with Crippen molar-refractivity contribution in [2.24, 2.45) is 5.92 Å². The van der Waals surface area contributed by atoms with Gasteiger partial charge in [-0.3, -0.25) is 0 Å². The summed E-state index contributed by atoms with van der Waals surface area (Å²) in [5, 5.41) is 4.38. The third-order valence-corrected chi connectivity index (χ3v) is 3.89. The molecule has 1 aliphatic carbocycles. The molecule has 0 aromatic heterocycles. The Morgan fingerprint density at radius 2 is 2.24 bits per heavy atom. The van der Waals surface area contributed by atoms with Crippen LogP contribution < -0.4 is 10.1 Å². The van der Waals surface area contributed by atoms with E-state index in [0.717, 1.165) is 28.8 Å². The van der Waals surface area contributed by atoms with Crippen molar-refractivity contribution in [1.82, 2.24) is 5.32 Å². The fraction of sp³-hybridized carbons (Fsp3) is 0.571. The molecule has 2 rings (SSSR count). The standard InChI is InChI=1S/C14H20ClNO/c1-10-4-3-5-13(10)16-9-11-8-12(15)6-7-14(11)17-2/h6-8,10,13,16H,3-5,9H2,1-2H3. The Kier molecular flexibility index (Phi) is 4.30. The lowest BCUT2D eigenvalue weighted by Crippen LogP contribution is -2.30. The minimum Gasteiger partial charge on any atom is -0.496 e. The van der Waals surface area contributed by atoms with E-state index in [4.69, 9.17) is 16.3 Å². The van der Waals surface area contributed by atoms with Crippen LogP contribution in [0.3, 0.4) is 0 Å². The third kappa shape index (κ3) is 3.14. The summed E-state index contributed by atoms with van der Waals surface area (Å²) in [7, 11) is 1.70. The number of rotatable bonds is 4. The van der Waals surface area contributed by atoms with Crippen LogP contribution in [0.15, 0.2) is 18.2 Å². The number of nitrogens with one attached hydrogen (secondary N) is 1. The fourth-order valence-electron chi connectivity index (χ4n) is 2.58. The van der Waals surface area contributed by atoms with E-state index in [-0.39, 0.29) is 0 Å². The van der Waals surface area contributed by atoms with Gasteiger partial charge >= 0.3 is 0 Å². The molecule has 1 aromatic rings. The Bertz CT molecular complexity index is 380. The molecular weight excluding hydrogens is 234 g/mol. The van der Waals surface area contributed by atoms with E-state index in [1.807, 2.05) is 18.2 Å². The van der Waals surface area contributed by atoms with Crippen LogP contribution in [0.2, 0.25) is 5.02 Å². The van der Waals surface area contributed by atoms with Crippen molar-refractivity contribution < 1.29 is 4.74 Å². The quantitative estimate of drug-likeness (QED) is 0.885. The Morgan fingerprint density at radius 3 is 2.88 bits per heavy atom. The van der Waals surface area contributed by atoms with Crippen LogP contribution in [-0.4, -0.2) is 13.2 Å². The number of ether oxygens (including phenoxy) is 1. The normalized spacial score (nSPS) is 23.9. The van der Waals surface area contributed by atoms with Gasteiger partial charge in [-0.05, 0) is 37.0 Å². The molecule has 2 atom stereocenters. The Hall–Kier alpha value is -0.730. The minimum atomic E-state index is 0.638. The maximum atomic E-state index is 6.01. The van der Waals surface area contributed by atoms with E-state index in [1.165, 1.54) is 19.3 Å². The molecule has 0 aliphatic heterocycles. The van der Waals surface area contributed by atoms with Crippen LogP contribution in [0, 0.1) is 5.92 Å². The molecule has 94 valence electrons. The highest BCUT2D eigenvalue weighted by molar-refractivity contribution is 6.30. The zero-order valence-corrected chi connectivity index (χ0v) is 11.3. The van der Waals surface area contributed by atoms with E-state index in [9.17, 15) is 0 Å². The molecule has 0 radical (unpaired) electrons. The first kappa shape index (κ1) is 12.7. The van der Waals surface area contributed by atoms with Crippen LogP contribution in [-0.2, 0) is 6.54 Å². The van der Waals surface area contributed by atoms with Gasteiger partial charge in [0.05, 0.1) is 7.11 Å². The summed E-state index contributed by atoms with van der Waals surface area (Å²) in [4.78, 5) is 0. The first-order valence-corrected chi connectivity index (χ1v) is 6.64. The molecule has 0 heterocycles. The highest BCUT2D eigenvalue weighted by Gasteiger charge is 2.22. The van der Waals surface area contributed by atoms with Gasteiger partial charge in [-0.1, -0.05) is 24.9 Å². The Morgan fingerprint density at radius 1 is 1.41 bits per heavy atom. The summed E-state index contributed by atoms with van der Waals surface area (Å²) in [5.41, 5.74) is 1.14. The average Bonchev–Trinajstić information content (AvgIpc) is 2.72. The summed E-state index contributed by atoms with van der Waals surface area (Å²) < 4.78 is 5.34. The molecule has 1 fully saturated rings. The van der Waals surface area contributed by atoms with E-state index in [2.05, 4.69) is 12.2 Å². The van der Waals surface area contributed by atoms with E-state index < -0.39 is 0 Å². The maximum Gasteiger partial charge on any atom is 0.123 e. The van der Waals surface area contributed by atoms with Crippen molar-refractivity contribution in [3.05, 3.63) is 28.8 Å². The third-order valence-electron chi connectivity index (χ3n) is 3.66. The van der Waals surface area contributed by atoms with E-state index in [1.54, 1.807) is 7.11 Å². The van der Waals surface area contributed by atoms with Gasteiger partial charge in [0.1, 0.15) is 5.75 Å². The molecular formula is C14H20ClNO. The van der Waals surface area contributed by atoms with Gasteiger partial charge in [-0.15, -0.1) is 0 Å². The van der Waals surface area contributed by atoms with Crippen molar-refractivity contribution in [3.8, 4) is 5.75 Å². The first-order chi connectivity index (χ1) is 8.20. The predicted molar refractivity (Wildman–Crippen MR) is 71.6 cm³/mol. The van der Waals surface area contributed by atoms with Gasteiger partial charge in [0.15, 0.2) is 0 Å². The van der Waals surface area contributed by atoms with Gasteiger partial charge in [-0.25, -0.2) is 0 Å². The highest BCUT2D eigenvalue weighted by atomic mass is 35.5. The van der Waals surface area contributed by atoms with Crippen molar-refractivity contribution in [2.45, 2.75) is 38.8 Å². The first-order valence-electron chi connectivity index (χ1n) is 6.26. The van der Waals surface area contributed by atoms with Crippen LogP contribution in [0.5, 0.6) is 5.75 Å². The fourth-order valence-corrected chi connectivity index (χ4v) is 2.77. The molecule has 1 aliphatic rings. The summed E-state index contributed by atoms with van der Waals surface area (Å²) in [6, 6.07) is 6.41. The predicted octanol–water partition coefficient (Wildman–Crippen LogP) is 3.63. The molecule has 1 aromatic carbocycles. The number of hydrogen-bond donors (Lipinski definition) is 1. The van der Waals surface area contributed by atoms with Gasteiger partial charge in [0, 0.05) is 23.2 Å². The number of benzene rings is 1. The monoisotopic (exact) mass is 253 g/mol. The molecule has 3 heteroatoms. The molecule has 1 saturated carbocycles. The van der Waals surface area contributed by atoms with Gasteiger partial charge in [0.25, 0.3) is 0 Å². The van der Waals surface area contributed by atoms with Crippen LogP contribution >= 0.6 is 11.6 Å². The smallest absolute Gasteiger partial charge is 0.123 e. The van der Waals surface area contributed by atoms with Gasteiger partial charge in [-0.2, -0.15) is 0 Å². The largest absolute Gasteiger partial charge is 0.496 e. The van der Waals surface area contributed by atoms with Crippen LogP contribution in [0.1, 0.15) is 31.7 Å². The second-order valence-corrected chi connectivity index (χ2v) is 5.29. The maximum absolute atomic E-state index is 6.01. The van der Waals surface area contributed by atoms with Gasteiger partial charge < -0.3 is 10.1 Å². The molecule has 0 spiro atoms.